The molecule has 5 aliphatic rings. The highest BCUT2D eigenvalue weighted by Gasteiger charge is 2.50. The molecule has 5 rings (SSSR count). The van der Waals surface area contributed by atoms with Gasteiger partial charge >= 0.3 is 0 Å². The van der Waals surface area contributed by atoms with E-state index >= 15 is 0 Å². The lowest BCUT2D eigenvalue weighted by molar-refractivity contribution is -0.0603. The standard InChI is InChI=1S/C24H42/c1-2-4-6-8-10-20(11-9-7-5-3-1)12-13-24-17-21-14-22(18-24)16-23(15-21)19-24/h20-23H,1-19H2. The lowest BCUT2D eigenvalue weighted by Gasteiger charge is -2.57. The molecule has 0 radical (unpaired) electrons. The molecule has 0 aliphatic heterocycles. The zero-order valence-corrected chi connectivity index (χ0v) is 16.2. The molecule has 0 amide bonds. The molecule has 0 aromatic carbocycles. The molecular formula is C24H42. The van der Waals surface area contributed by atoms with Gasteiger partial charge in [0.15, 0.2) is 0 Å². The van der Waals surface area contributed by atoms with Crippen LogP contribution in [0.25, 0.3) is 0 Å². The molecule has 5 saturated carbocycles. The molecule has 0 heteroatoms. The van der Waals surface area contributed by atoms with Crippen molar-refractivity contribution >= 4 is 0 Å². The van der Waals surface area contributed by atoms with Crippen LogP contribution in [0.1, 0.15) is 122 Å². The summed E-state index contributed by atoms with van der Waals surface area (Å²) in [6.07, 6.45) is 29.7. The average Bonchev–Trinajstić information content (AvgIpc) is 2.53. The van der Waals surface area contributed by atoms with E-state index in [4.69, 9.17) is 0 Å². The topological polar surface area (TPSA) is 0 Å². The molecule has 138 valence electrons. The zero-order chi connectivity index (χ0) is 16.2. The van der Waals surface area contributed by atoms with Crippen molar-refractivity contribution in [3.63, 3.8) is 0 Å². The Bertz CT molecular complexity index is 334. The van der Waals surface area contributed by atoms with Crippen molar-refractivity contribution in [3.8, 4) is 0 Å². The van der Waals surface area contributed by atoms with Crippen molar-refractivity contribution in [2.75, 3.05) is 0 Å². The molecule has 0 N–H and O–H groups in total. The molecule has 0 nitrogen and oxygen atoms in total. The summed E-state index contributed by atoms with van der Waals surface area (Å²) in [5, 5.41) is 0. The van der Waals surface area contributed by atoms with E-state index in [0.29, 0.717) is 0 Å². The first kappa shape index (κ1) is 17.4. The minimum Gasteiger partial charge on any atom is -0.0533 e. The molecule has 0 heterocycles. The van der Waals surface area contributed by atoms with Gasteiger partial charge in [-0.15, -0.1) is 0 Å². The van der Waals surface area contributed by atoms with Crippen LogP contribution in [-0.4, -0.2) is 0 Å². The van der Waals surface area contributed by atoms with Gasteiger partial charge in [0.2, 0.25) is 0 Å². The SMILES string of the molecule is C1CCCCCC(CCC23CC4CC(CC(C4)C2)C3)CCCCC1. The Morgan fingerprint density at radius 3 is 1.42 bits per heavy atom. The van der Waals surface area contributed by atoms with Gasteiger partial charge in [-0.05, 0) is 80.5 Å². The highest BCUT2D eigenvalue weighted by molar-refractivity contribution is 5.01. The van der Waals surface area contributed by atoms with Crippen LogP contribution in [0.2, 0.25) is 0 Å². The van der Waals surface area contributed by atoms with Gasteiger partial charge in [0, 0.05) is 0 Å². The smallest absolute Gasteiger partial charge is 0.0289 e. The third-order valence-electron chi connectivity index (χ3n) is 8.47. The van der Waals surface area contributed by atoms with Crippen LogP contribution in [0.4, 0.5) is 0 Å². The van der Waals surface area contributed by atoms with Crippen LogP contribution in [0.3, 0.4) is 0 Å². The fraction of sp³-hybridized carbons (Fsp3) is 1.00. The molecule has 0 aromatic heterocycles. The van der Waals surface area contributed by atoms with E-state index in [2.05, 4.69) is 0 Å². The lowest BCUT2D eigenvalue weighted by atomic mass is 9.48. The maximum atomic E-state index is 1.63. The first-order valence-electron chi connectivity index (χ1n) is 11.8. The van der Waals surface area contributed by atoms with Crippen LogP contribution in [-0.2, 0) is 0 Å². The summed E-state index contributed by atoms with van der Waals surface area (Å²) in [5.74, 6) is 4.52. The molecule has 5 aliphatic carbocycles. The summed E-state index contributed by atoms with van der Waals surface area (Å²) in [7, 11) is 0. The Hall–Kier alpha value is 0. The lowest BCUT2D eigenvalue weighted by Crippen LogP contribution is -2.46. The predicted octanol–water partition coefficient (Wildman–Crippen LogP) is 7.90. The van der Waals surface area contributed by atoms with E-state index in [0.717, 1.165) is 29.1 Å². The number of hydrogen-bond acceptors (Lipinski definition) is 0. The summed E-state index contributed by atoms with van der Waals surface area (Å²) in [4.78, 5) is 0. The van der Waals surface area contributed by atoms with Crippen molar-refractivity contribution in [1.82, 2.24) is 0 Å². The van der Waals surface area contributed by atoms with Gasteiger partial charge in [0.05, 0.1) is 0 Å². The third kappa shape index (κ3) is 4.39. The Balaban J connectivity index is 1.28. The van der Waals surface area contributed by atoms with Crippen LogP contribution < -0.4 is 0 Å². The third-order valence-corrected chi connectivity index (χ3v) is 8.47. The molecule has 24 heavy (non-hydrogen) atoms. The van der Waals surface area contributed by atoms with Crippen LogP contribution in [0.5, 0.6) is 0 Å². The maximum Gasteiger partial charge on any atom is -0.0289 e. The van der Waals surface area contributed by atoms with Crippen LogP contribution in [0.15, 0.2) is 0 Å². The summed E-state index contributed by atoms with van der Waals surface area (Å²) in [6.45, 7) is 0. The summed E-state index contributed by atoms with van der Waals surface area (Å²) >= 11 is 0. The second-order valence-corrected chi connectivity index (χ2v) is 10.6. The van der Waals surface area contributed by atoms with Crippen LogP contribution >= 0.6 is 0 Å². The molecular weight excluding hydrogens is 288 g/mol. The van der Waals surface area contributed by atoms with Crippen molar-refractivity contribution in [1.29, 1.82) is 0 Å². The molecule has 0 saturated heterocycles. The first-order valence-corrected chi connectivity index (χ1v) is 11.8. The predicted molar refractivity (Wildman–Crippen MR) is 104 cm³/mol. The van der Waals surface area contributed by atoms with Gasteiger partial charge in [-0.25, -0.2) is 0 Å². The highest BCUT2D eigenvalue weighted by atomic mass is 14.6. The second kappa shape index (κ2) is 8.13. The second-order valence-electron chi connectivity index (χ2n) is 10.6. The van der Waals surface area contributed by atoms with Crippen molar-refractivity contribution in [3.05, 3.63) is 0 Å². The van der Waals surface area contributed by atoms with E-state index in [9.17, 15) is 0 Å². The minimum absolute atomic E-state index is 0.832. The van der Waals surface area contributed by atoms with Gasteiger partial charge in [-0.3, -0.25) is 0 Å². The van der Waals surface area contributed by atoms with Crippen molar-refractivity contribution < 1.29 is 0 Å². The fourth-order valence-electron chi connectivity index (χ4n) is 7.64. The van der Waals surface area contributed by atoms with Gasteiger partial charge in [0.1, 0.15) is 0 Å². The molecule has 5 fully saturated rings. The summed E-state index contributed by atoms with van der Waals surface area (Å²) in [5.41, 5.74) is 0.832. The Morgan fingerprint density at radius 2 is 0.958 bits per heavy atom. The van der Waals surface area contributed by atoms with Gasteiger partial charge in [-0.1, -0.05) is 70.6 Å². The summed E-state index contributed by atoms with van der Waals surface area (Å²) in [6, 6.07) is 0. The Labute approximate surface area is 151 Å². The maximum absolute atomic E-state index is 1.63. The summed E-state index contributed by atoms with van der Waals surface area (Å²) < 4.78 is 0. The largest absolute Gasteiger partial charge is 0.0533 e. The van der Waals surface area contributed by atoms with Gasteiger partial charge in [-0.2, -0.15) is 0 Å². The normalized spacial score (nSPS) is 41.8. The molecule has 0 atom stereocenters. The Morgan fingerprint density at radius 1 is 0.542 bits per heavy atom. The number of rotatable bonds is 3. The molecule has 0 unspecified atom stereocenters. The van der Waals surface area contributed by atoms with E-state index in [1.807, 2.05) is 0 Å². The minimum atomic E-state index is 0.832. The van der Waals surface area contributed by atoms with E-state index in [1.54, 1.807) is 64.2 Å². The van der Waals surface area contributed by atoms with E-state index in [-0.39, 0.29) is 0 Å². The highest BCUT2D eigenvalue weighted by Crippen LogP contribution is 2.61. The van der Waals surface area contributed by atoms with E-state index in [1.165, 1.54) is 57.8 Å². The van der Waals surface area contributed by atoms with Crippen molar-refractivity contribution in [2.45, 2.75) is 122 Å². The van der Waals surface area contributed by atoms with Crippen LogP contribution in [0, 0.1) is 29.1 Å². The molecule has 0 aromatic rings. The fourth-order valence-corrected chi connectivity index (χ4v) is 7.64. The molecule has 0 spiro atoms. The van der Waals surface area contributed by atoms with E-state index < -0.39 is 0 Å². The quantitative estimate of drug-likeness (QED) is 0.493. The number of hydrogen-bond donors (Lipinski definition) is 0. The Kier molecular flexibility index (Phi) is 5.90. The molecule has 4 bridgehead atoms. The monoisotopic (exact) mass is 330 g/mol. The van der Waals surface area contributed by atoms with Crippen molar-refractivity contribution in [2.24, 2.45) is 29.1 Å². The average molecular weight is 331 g/mol. The zero-order valence-electron chi connectivity index (χ0n) is 16.2. The first-order chi connectivity index (χ1) is 11.8. The van der Waals surface area contributed by atoms with Gasteiger partial charge < -0.3 is 0 Å². The van der Waals surface area contributed by atoms with Gasteiger partial charge in [0.25, 0.3) is 0 Å².